The summed E-state index contributed by atoms with van der Waals surface area (Å²) in [6, 6.07) is 1.05. The van der Waals surface area contributed by atoms with E-state index in [9.17, 15) is 40.7 Å². The second-order valence-electron chi connectivity index (χ2n) is 6.69. The fourth-order valence-electron chi connectivity index (χ4n) is 3.08. The molecule has 0 spiro atoms. The van der Waals surface area contributed by atoms with E-state index in [0.717, 1.165) is 12.1 Å². The predicted molar refractivity (Wildman–Crippen MR) is 101 cm³/mol. The number of amides is 3. The van der Waals surface area contributed by atoms with Crippen molar-refractivity contribution >= 4 is 29.1 Å². The first-order chi connectivity index (χ1) is 15.5. The van der Waals surface area contributed by atoms with E-state index in [2.05, 4.69) is 4.74 Å². The zero-order valence-corrected chi connectivity index (χ0v) is 16.9. The first-order valence-corrected chi connectivity index (χ1v) is 9.37. The molecule has 184 valence electrons. The maximum Gasteiger partial charge on any atom is 0.387 e. The molecule has 1 aromatic carbocycles. The summed E-state index contributed by atoms with van der Waals surface area (Å²) in [4.78, 5) is 37.7. The Labute approximate surface area is 183 Å². The summed E-state index contributed by atoms with van der Waals surface area (Å²) >= 11 is 0. The number of nitrogens with one attached hydrogen (secondary N) is 1. The van der Waals surface area contributed by atoms with Crippen molar-refractivity contribution in [2.24, 2.45) is 5.73 Å². The van der Waals surface area contributed by atoms with Crippen LogP contribution in [0, 0.1) is 0 Å². The summed E-state index contributed by atoms with van der Waals surface area (Å²) < 4.78 is 86.3. The van der Waals surface area contributed by atoms with Gasteiger partial charge in [-0.2, -0.15) is 8.78 Å². The Balaban J connectivity index is 2.33. The minimum absolute atomic E-state index is 0.110. The highest BCUT2D eigenvalue weighted by Gasteiger charge is 2.35. The number of hydrogen-bond donors (Lipinski definition) is 2. The van der Waals surface area contributed by atoms with E-state index in [1.165, 1.54) is 11.0 Å². The van der Waals surface area contributed by atoms with Gasteiger partial charge in [-0.1, -0.05) is 0 Å². The lowest BCUT2D eigenvalue weighted by atomic mass is 10.1. The largest absolute Gasteiger partial charge is 0.433 e. The molecule has 2 rings (SSSR count). The molecule has 1 aliphatic heterocycles. The Morgan fingerprint density at radius 1 is 1.15 bits per heavy atom. The molecule has 0 radical (unpaired) electrons. The minimum atomic E-state index is -3.36. The number of anilines is 2. The van der Waals surface area contributed by atoms with Gasteiger partial charge in [0.15, 0.2) is 11.8 Å². The molecule has 0 bridgehead atoms. The van der Waals surface area contributed by atoms with E-state index in [0.29, 0.717) is 0 Å². The van der Waals surface area contributed by atoms with Crippen molar-refractivity contribution in [1.82, 2.24) is 4.90 Å². The van der Waals surface area contributed by atoms with E-state index < -0.39 is 67.8 Å². The van der Waals surface area contributed by atoms with Crippen molar-refractivity contribution in [3.63, 3.8) is 0 Å². The number of carbonyl (C=O) groups is 3. The van der Waals surface area contributed by atoms with Gasteiger partial charge in [-0.3, -0.25) is 19.3 Å². The van der Waals surface area contributed by atoms with Gasteiger partial charge in [0.1, 0.15) is 6.61 Å². The molecule has 3 amide bonds. The van der Waals surface area contributed by atoms with Crippen LogP contribution in [0.2, 0.25) is 0 Å². The van der Waals surface area contributed by atoms with Crippen molar-refractivity contribution in [3.05, 3.63) is 18.2 Å². The summed E-state index contributed by atoms with van der Waals surface area (Å²) in [6.07, 6.45) is -6.36. The number of morpholine rings is 1. The Hall–Kier alpha value is -3.07. The SMILES string of the molecule is NC(=O)[C@@H](C(=O)Nc1ccc(N2CCOCC2=O)cc1OC(F)F)N(CC(F)F)CC(F)F. The standard InChI is InChI=1S/C18H20F6N4O5/c19-12(20)6-27(7-13(21)22)15(16(25)30)17(31)26-10-2-1-9(5-11(10)33-18(23)24)28-3-4-32-8-14(28)29/h1-2,5,12-13,15,18H,3-4,6-8H2,(H2,25,30)(H,26,31)/t15-/m0/s1. The number of halogens is 6. The maximum absolute atomic E-state index is 12.9. The van der Waals surface area contributed by atoms with Crippen LogP contribution in [0.1, 0.15) is 0 Å². The van der Waals surface area contributed by atoms with Gasteiger partial charge in [-0.05, 0) is 12.1 Å². The number of primary amides is 1. The van der Waals surface area contributed by atoms with Crippen molar-refractivity contribution < 1.29 is 50.2 Å². The normalized spacial score (nSPS) is 15.5. The van der Waals surface area contributed by atoms with E-state index in [4.69, 9.17) is 10.5 Å². The molecule has 3 N–H and O–H groups in total. The highest BCUT2D eigenvalue weighted by molar-refractivity contribution is 6.10. The number of ether oxygens (including phenoxy) is 2. The molecular formula is C18H20F6N4O5. The Morgan fingerprint density at radius 2 is 1.79 bits per heavy atom. The average molecular weight is 486 g/mol. The third-order valence-electron chi connectivity index (χ3n) is 4.36. The van der Waals surface area contributed by atoms with Crippen LogP contribution in [0.25, 0.3) is 0 Å². The lowest BCUT2D eigenvalue weighted by Crippen LogP contribution is -2.54. The third-order valence-corrected chi connectivity index (χ3v) is 4.36. The lowest BCUT2D eigenvalue weighted by Gasteiger charge is -2.29. The van der Waals surface area contributed by atoms with E-state index in [1.54, 1.807) is 0 Å². The molecule has 0 aromatic heterocycles. The Morgan fingerprint density at radius 3 is 2.30 bits per heavy atom. The molecule has 15 heteroatoms. The van der Waals surface area contributed by atoms with Gasteiger partial charge in [0.05, 0.1) is 25.4 Å². The minimum Gasteiger partial charge on any atom is -0.433 e. The third kappa shape index (κ3) is 7.49. The molecule has 9 nitrogen and oxygen atoms in total. The number of nitrogens with two attached hydrogens (primary N) is 1. The fourth-order valence-corrected chi connectivity index (χ4v) is 3.08. The summed E-state index contributed by atoms with van der Waals surface area (Å²) in [6.45, 7) is -6.06. The quantitative estimate of drug-likeness (QED) is 0.360. The molecule has 1 atom stereocenters. The van der Waals surface area contributed by atoms with Crippen LogP contribution in [0.3, 0.4) is 0 Å². The van der Waals surface area contributed by atoms with Crippen molar-refractivity contribution in [2.45, 2.75) is 25.5 Å². The van der Waals surface area contributed by atoms with Crippen LogP contribution < -0.4 is 20.7 Å². The monoisotopic (exact) mass is 486 g/mol. The molecule has 1 heterocycles. The van der Waals surface area contributed by atoms with Crippen LogP contribution in [0.5, 0.6) is 5.75 Å². The van der Waals surface area contributed by atoms with Crippen molar-refractivity contribution in [1.29, 1.82) is 0 Å². The molecule has 33 heavy (non-hydrogen) atoms. The highest BCUT2D eigenvalue weighted by atomic mass is 19.3. The summed E-state index contributed by atoms with van der Waals surface area (Å²) in [7, 11) is 0. The Bertz CT molecular complexity index is 850. The van der Waals surface area contributed by atoms with E-state index in [1.807, 2.05) is 5.32 Å². The van der Waals surface area contributed by atoms with Crippen molar-refractivity contribution in [3.8, 4) is 5.75 Å². The number of carbonyl (C=O) groups excluding carboxylic acids is 3. The van der Waals surface area contributed by atoms with Crippen LogP contribution in [0.15, 0.2) is 18.2 Å². The van der Waals surface area contributed by atoms with Gasteiger partial charge in [0, 0.05) is 18.3 Å². The van der Waals surface area contributed by atoms with Crippen molar-refractivity contribution in [2.75, 3.05) is 43.1 Å². The number of alkyl halides is 6. The maximum atomic E-state index is 12.9. The van der Waals surface area contributed by atoms with Crippen LogP contribution in [0.4, 0.5) is 37.7 Å². The first-order valence-electron chi connectivity index (χ1n) is 9.37. The second kappa shape index (κ2) is 11.7. The van der Waals surface area contributed by atoms with Crippen LogP contribution in [-0.4, -0.2) is 81.0 Å². The topological polar surface area (TPSA) is 114 Å². The molecule has 0 saturated carbocycles. The molecule has 1 aromatic rings. The van der Waals surface area contributed by atoms with Crippen LogP contribution >= 0.6 is 0 Å². The summed E-state index contributed by atoms with van der Waals surface area (Å²) in [5.74, 6) is -4.03. The fraction of sp³-hybridized carbons (Fsp3) is 0.500. The average Bonchev–Trinajstić information content (AvgIpc) is 2.68. The highest BCUT2D eigenvalue weighted by Crippen LogP contribution is 2.32. The molecule has 1 saturated heterocycles. The van der Waals surface area contributed by atoms with Gasteiger partial charge >= 0.3 is 6.61 Å². The summed E-state index contributed by atoms with van der Waals surface area (Å²) in [5.41, 5.74) is 4.75. The zero-order valence-electron chi connectivity index (χ0n) is 16.9. The lowest BCUT2D eigenvalue weighted by molar-refractivity contribution is -0.134. The van der Waals surface area contributed by atoms with Gasteiger partial charge < -0.3 is 25.4 Å². The number of rotatable bonds is 11. The van der Waals surface area contributed by atoms with Gasteiger partial charge in [0.25, 0.3) is 24.7 Å². The first kappa shape index (κ1) is 26.2. The molecule has 1 aliphatic rings. The van der Waals surface area contributed by atoms with E-state index in [-0.39, 0.29) is 30.3 Å². The predicted octanol–water partition coefficient (Wildman–Crippen LogP) is 1.28. The molecule has 0 aliphatic carbocycles. The van der Waals surface area contributed by atoms with E-state index >= 15 is 0 Å². The number of nitrogens with zero attached hydrogens (tertiary/aromatic N) is 2. The van der Waals surface area contributed by atoms with Crippen LogP contribution in [-0.2, 0) is 19.1 Å². The molecular weight excluding hydrogens is 466 g/mol. The smallest absolute Gasteiger partial charge is 0.387 e. The molecule has 0 unspecified atom stereocenters. The van der Waals surface area contributed by atoms with Gasteiger partial charge in [0.2, 0.25) is 5.91 Å². The molecule has 1 fully saturated rings. The second-order valence-corrected chi connectivity index (χ2v) is 6.69. The van der Waals surface area contributed by atoms with Gasteiger partial charge in [-0.25, -0.2) is 17.6 Å². The number of benzene rings is 1. The summed E-state index contributed by atoms with van der Waals surface area (Å²) in [5, 5.41) is 2.01. The zero-order chi connectivity index (χ0) is 24.7. The Kier molecular flexibility index (Phi) is 9.28. The number of hydrogen-bond acceptors (Lipinski definition) is 6. The van der Waals surface area contributed by atoms with Gasteiger partial charge in [-0.15, -0.1) is 0 Å².